The maximum Gasteiger partial charge on any atom is 0.220 e. The zero-order chi connectivity index (χ0) is 14.8. The van der Waals surface area contributed by atoms with Crippen LogP contribution >= 0.6 is 0 Å². The third-order valence-electron chi connectivity index (χ3n) is 3.03. The average Bonchev–Trinajstić information content (AvgIpc) is 2.44. The Hall–Kier alpha value is -1.49. The van der Waals surface area contributed by atoms with Crippen molar-refractivity contribution in [3.8, 4) is 0 Å². The summed E-state index contributed by atoms with van der Waals surface area (Å²) in [6.07, 6.45) is 4.28. The smallest absolute Gasteiger partial charge is 0.220 e. The van der Waals surface area contributed by atoms with Crippen LogP contribution in [0.15, 0.2) is 18.2 Å². The first-order valence-electron chi connectivity index (χ1n) is 6.95. The summed E-state index contributed by atoms with van der Waals surface area (Å²) in [4.78, 5) is 11.5. The number of carbonyl (C=O) groups excluding carboxylic acids is 1. The van der Waals surface area contributed by atoms with Gasteiger partial charge >= 0.3 is 0 Å². The molecule has 1 amide bonds. The highest BCUT2D eigenvalue weighted by Crippen LogP contribution is 2.10. The van der Waals surface area contributed by atoms with Gasteiger partial charge in [-0.3, -0.25) is 4.79 Å². The molecule has 0 radical (unpaired) electrons. The fraction of sp³-hybridized carbons (Fsp3) is 0.533. The van der Waals surface area contributed by atoms with Crippen LogP contribution in [0.2, 0.25) is 0 Å². The minimum Gasteiger partial charge on any atom is -0.396 e. The molecule has 0 bridgehead atoms. The molecule has 2 N–H and O–H groups in total. The Morgan fingerprint density at radius 3 is 2.55 bits per heavy atom. The van der Waals surface area contributed by atoms with Gasteiger partial charge in [-0.15, -0.1) is 0 Å². The lowest BCUT2D eigenvalue weighted by molar-refractivity contribution is -0.121. The molecule has 5 heteroatoms. The zero-order valence-corrected chi connectivity index (χ0v) is 11.5. The van der Waals surface area contributed by atoms with Crippen molar-refractivity contribution in [2.75, 3.05) is 13.2 Å². The Balaban J connectivity index is 2.15. The predicted octanol–water partition coefficient (Wildman–Crippen LogP) is 2.57. The molecule has 1 rings (SSSR count). The first-order chi connectivity index (χ1) is 9.63. The van der Waals surface area contributed by atoms with E-state index < -0.39 is 11.6 Å². The Morgan fingerprint density at radius 1 is 1.10 bits per heavy atom. The molecule has 0 atom stereocenters. The van der Waals surface area contributed by atoms with E-state index in [-0.39, 0.29) is 18.9 Å². The van der Waals surface area contributed by atoms with Crippen LogP contribution in [0.1, 0.15) is 37.7 Å². The molecule has 0 aliphatic rings. The summed E-state index contributed by atoms with van der Waals surface area (Å²) >= 11 is 0. The van der Waals surface area contributed by atoms with Gasteiger partial charge in [0, 0.05) is 19.6 Å². The lowest BCUT2D eigenvalue weighted by Gasteiger charge is -2.05. The molecule has 0 aliphatic heterocycles. The fourth-order valence-corrected chi connectivity index (χ4v) is 1.86. The lowest BCUT2D eigenvalue weighted by atomic mass is 10.1. The second kappa shape index (κ2) is 9.42. The Bertz CT molecular complexity index is 424. The van der Waals surface area contributed by atoms with Crippen LogP contribution in [-0.2, 0) is 11.2 Å². The molecule has 0 unspecified atom stereocenters. The van der Waals surface area contributed by atoms with Gasteiger partial charge in [0.25, 0.3) is 0 Å². The van der Waals surface area contributed by atoms with Crippen LogP contribution in [0.25, 0.3) is 0 Å². The van der Waals surface area contributed by atoms with Gasteiger partial charge in [-0.1, -0.05) is 18.9 Å². The quantitative estimate of drug-likeness (QED) is 0.685. The van der Waals surface area contributed by atoms with E-state index in [1.807, 2.05) is 0 Å². The normalized spacial score (nSPS) is 10.6. The molecular weight excluding hydrogens is 264 g/mol. The lowest BCUT2D eigenvalue weighted by Crippen LogP contribution is -2.24. The van der Waals surface area contributed by atoms with Gasteiger partial charge in [0.1, 0.15) is 0 Å². The molecule has 0 saturated heterocycles. The summed E-state index contributed by atoms with van der Waals surface area (Å²) in [6.45, 7) is 0.822. The van der Waals surface area contributed by atoms with Crippen LogP contribution in [0.5, 0.6) is 0 Å². The molecule has 0 aliphatic carbocycles. The van der Waals surface area contributed by atoms with Gasteiger partial charge in [-0.25, -0.2) is 8.78 Å². The van der Waals surface area contributed by atoms with E-state index in [1.165, 1.54) is 6.07 Å². The Kier molecular flexibility index (Phi) is 7.80. The monoisotopic (exact) mass is 285 g/mol. The van der Waals surface area contributed by atoms with Gasteiger partial charge in [-0.05, 0) is 37.0 Å². The molecule has 20 heavy (non-hydrogen) atoms. The molecule has 1 aromatic rings. The van der Waals surface area contributed by atoms with Crippen LogP contribution in [-0.4, -0.2) is 24.2 Å². The molecule has 0 saturated carbocycles. The second-order valence-corrected chi connectivity index (χ2v) is 4.74. The van der Waals surface area contributed by atoms with Gasteiger partial charge in [0.15, 0.2) is 11.6 Å². The maximum atomic E-state index is 13.0. The number of rotatable bonds is 9. The summed E-state index contributed by atoms with van der Waals surface area (Å²) in [7, 11) is 0. The van der Waals surface area contributed by atoms with E-state index in [9.17, 15) is 13.6 Å². The molecule has 112 valence electrons. The number of carbonyl (C=O) groups is 1. The van der Waals surface area contributed by atoms with Gasteiger partial charge in [-0.2, -0.15) is 0 Å². The third-order valence-corrected chi connectivity index (χ3v) is 3.03. The number of amides is 1. The highest BCUT2D eigenvalue weighted by Gasteiger charge is 2.05. The van der Waals surface area contributed by atoms with E-state index in [0.717, 1.165) is 37.8 Å². The number of aliphatic hydroxyl groups excluding tert-OH is 1. The van der Waals surface area contributed by atoms with Crippen molar-refractivity contribution >= 4 is 5.91 Å². The number of aliphatic hydroxyl groups is 1. The van der Waals surface area contributed by atoms with E-state index >= 15 is 0 Å². The predicted molar refractivity (Wildman–Crippen MR) is 73.2 cm³/mol. The van der Waals surface area contributed by atoms with E-state index in [1.54, 1.807) is 0 Å². The summed E-state index contributed by atoms with van der Waals surface area (Å²) in [5.41, 5.74) is 0.613. The Labute approximate surface area is 118 Å². The molecule has 0 aromatic heterocycles. The number of hydrogen-bond donors (Lipinski definition) is 2. The first-order valence-corrected chi connectivity index (χ1v) is 6.95. The van der Waals surface area contributed by atoms with E-state index in [0.29, 0.717) is 18.5 Å². The minimum absolute atomic E-state index is 0.0862. The number of benzene rings is 1. The Morgan fingerprint density at radius 2 is 1.85 bits per heavy atom. The highest BCUT2D eigenvalue weighted by atomic mass is 19.2. The van der Waals surface area contributed by atoms with Gasteiger partial charge in [0.2, 0.25) is 5.91 Å². The number of aryl methyl sites for hydroxylation is 1. The minimum atomic E-state index is -0.883. The molecule has 0 heterocycles. The summed E-state index contributed by atoms with van der Waals surface area (Å²) in [5.74, 6) is -1.84. The summed E-state index contributed by atoms with van der Waals surface area (Å²) < 4.78 is 25.7. The van der Waals surface area contributed by atoms with Crippen molar-refractivity contribution in [1.29, 1.82) is 0 Å². The standard InChI is InChI=1S/C15H21F2NO2/c16-13-7-5-12(11-14(13)17)6-8-15(20)18-9-3-1-2-4-10-19/h5,7,11,19H,1-4,6,8-10H2,(H,18,20). The highest BCUT2D eigenvalue weighted by molar-refractivity contribution is 5.76. The fourth-order valence-electron chi connectivity index (χ4n) is 1.86. The van der Waals surface area contributed by atoms with Gasteiger partial charge in [0.05, 0.1) is 0 Å². The van der Waals surface area contributed by atoms with Crippen molar-refractivity contribution in [3.63, 3.8) is 0 Å². The van der Waals surface area contributed by atoms with Crippen LogP contribution < -0.4 is 5.32 Å². The SMILES string of the molecule is O=C(CCc1ccc(F)c(F)c1)NCCCCCCO. The van der Waals surface area contributed by atoms with Crippen LogP contribution in [0.4, 0.5) is 8.78 Å². The molecule has 0 fully saturated rings. The maximum absolute atomic E-state index is 13.0. The van der Waals surface area contributed by atoms with Crippen molar-refractivity contribution in [1.82, 2.24) is 5.32 Å². The molecule has 1 aromatic carbocycles. The number of unbranched alkanes of at least 4 members (excludes halogenated alkanes) is 3. The second-order valence-electron chi connectivity index (χ2n) is 4.74. The first kappa shape index (κ1) is 16.6. The van der Waals surface area contributed by atoms with Crippen molar-refractivity contribution < 1.29 is 18.7 Å². The van der Waals surface area contributed by atoms with E-state index in [2.05, 4.69) is 5.32 Å². The largest absolute Gasteiger partial charge is 0.396 e. The number of halogens is 2. The van der Waals surface area contributed by atoms with Gasteiger partial charge < -0.3 is 10.4 Å². The van der Waals surface area contributed by atoms with Crippen LogP contribution in [0.3, 0.4) is 0 Å². The topological polar surface area (TPSA) is 49.3 Å². The molecular formula is C15H21F2NO2. The average molecular weight is 285 g/mol. The number of nitrogens with one attached hydrogen (secondary N) is 1. The third kappa shape index (κ3) is 6.61. The zero-order valence-electron chi connectivity index (χ0n) is 11.5. The van der Waals surface area contributed by atoms with Crippen molar-refractivity contribution in [2.24, 2.45) is 0 Å². The van der Waals surface area contributed by atoms with E-state index in [4.69, 9.17) is 5.11 Å². The summed E-state index contributed by atoms with van der Waals surface area (Å²) in [5, 5.41) is 11.4. The number of hydrogen-bond acceptors (Lipinski definition) is 2. The van der Waals surface area contributed by atoms with Crippen molar-refractivity contribution in [3.05, 3.63) is 35.4 Å². The molecule has 0 spiro atoms. The van der Waals surface area contributed by atoms with Crippen molar-refractivity contribution in [2.45, 2.75) is 38.5 Å². The molecule has 3 nitrogen and oxygen atoms in total. The summed E-state index contributed by atoms with van der Waals surface area (Å²) in [6, 6.07) is 3.68. The van der Waals surface area contributed by atoms with Crippen LogP contribution in [0, 0.1) is 11.6 Å².